The fourth-order valence-corrected chi connectivity index (χ4v) is 4.23. The van der Waals surface area contributed by atoms with Crippen molar-refractivity contribution in [3.05, 3.63) is 57.5 Å². The van der Waals surface area contributed by atoms with Crippen LogP contribution in [0.4, 0.5) is 24.5 Å². The molecular formula is C21H22F3N3O3. The number of alkyl halides is 3. The van der Waals surface area contributed by atoms with Crippen LogP contribution in [0.15, 0.2) is 35.1 Å². The maximum atomic E-state index is 13.4. The van der Waals surface area contributed by atoms with Crippen LogP contribution in [0.3, 0.4) is 0 Å². The molecule has 0 aliphatic carbocycles. The molecule has 1 aromatic heterocycles. The third-order valence-electron chi connectivity index (χ3n) is 5.78. The van der Waals surface area contributed by atoms with Gasteiger partial charge in [0.05, 0.1) is 35.8 Å². The van der Waals surface area contributed by atoms with Crippen LogP contribution in [-0.2, 0) is 10.9 Å². The molecule has 4 rings (SSSR count). The molecule has 0 spiro atoms. The molecule has 1 N–H and O–H groups in total. The van der Waals surface area contributed by atoms with Gasteiger partial charge in [0.2, 0.25) is 5.56 Å². The van der Waals surface area contributed by atoms with E-state index in [9.17, 15) is 22.8 Å². The fourth-order valence-electron chi connectivity index (χ4n) is 4.23. The van der Waals surface area contributed by atoms with E-state index in [-0.39, 0.29) is 35.4 Å². The Balaban J connectivity index is 1.84. The molecule has 1 saturated heterocycles. The van der Waals surface area contributed by atoms with Gasteiger partial charge in [0, 0.05) is 24.4 Å². The van der Waals surface area contributed by atoms with E-state index in [1.165, 1.54) is 17.0 Å². The molecule has 2 aromatic rings. The number of carbonyl (C=O) groups is 1. The number of aryl methyl sites for hydroxylation is 1. The molecule has 2 aliphatic heterocycles. The second kappa shape index (κ2) is 7.46. The van der Waals surface area contributed by atoms with Gasteiger partial charge < -0.3 is 14.6 Å². The number of amides is 1. The Morgan fingerprint density at radius 3 is 2.57 bits per heavy atom. The minimum absolute atomic E-state index is 0.0767. The van der Waals surface area contributed by atoms with E-state index >= 15 is 0 Å². The van der Waals surface area contributed by atoms with Crippen molar-refractivity contribution in [3.8, 4) is 0 Å². The van der Waals surface area contributed by atoms with Crippen LogP contribution in [0.2, 0.25) is 0 Å². The average molecular weight is 421 g/mol. The number of pyridine rings is 1. The minimum atomic E-state index is -4.50. The number of hydrogen-bond acceptors (Lipinski definition) is 4. The number of fused-ring (bicyclic) bond motifs is 1. The Labute approximate surface area is 171 Å². The average Bonchev–Trinajstić information content (AvgIpc) is 2.69. The molecule has 160 valence electrons. The van der Waals surface area contributed by atoms with Gasteiger partial charge in [-0.1, -0.05) is 6.92 Å². The van der Waals surface area contributed by atoms with Gasteiger partial charge in [-0.25, -0.2) is 0 Å². The lowest BCUT2D eigenvalue weighted by Gasteiger charge is -2.46. The summed E-state index contributed by atoms with van der Waals surface area (Å²) in [5.74, 6) is -0.322. The number of aromatic nitrogens is 1. The van der Waals surface area contributed by atoms with E-state index in [1.807, 2.05) is 11.8 Å². The van der Waals surface area contributed by atoms with Gasteiger partial charge in [0.1, 0.15) is 0 Å². The van der Waals surface area contributed by atoms with Gasteiger partial charge >= 0.3 is 6.18 Å². The molecular weight excluding hydrogens is 399 g/mol. The number of nitrogens with one attached hydrogen (secondary N) is 1. The van der Waals surface area contributed by atoms with Gasteiger partial charge in [0.25, 0.3) is 5.91 Å². The quantitative estimate of drug-likeness (QED) is 0.806. The topological polar surface area (TPSA) is 65.6 Å². The summed E-state index contributed by atoms with van der Waals surface area (Å²) < 4.78 is 45.6. The van der Waals surface area contributed by atoms with E-state index in [0.717, 1.165) is 12.1 Å². The van der Waals surface area contributed by atoms with Crippen molar-refractivity contribution in [3.63, 3.8) is 0 Å². The SMILES string of the molecule is Cc1[nH]c(=O)ccc1N1CN([C@H]2CCOC[C@@H]2C)c2cc(C(F)(F)F)ccc2C1=O. The summed E-state index contributed by atoms with van der Waals surface area (Å²) in [7, 11) is 0. The van der Waals surface area contributed by atoms with Crippen LogP contribution >= 0.6 is 0 Å². The zero-order valence-corrected chi connectivity index (χ0v) is 16.6. The van der Waals surface area contributed by atoms with Crippen molar-refractivity contribution in [2.45, 2.75) is 32.5 Å². The standard InChI is InChI=1S/C21H22F3N3O3/c1-12-10-30-8-7-16(12)26-11-27(17-5-6-19(28)25-13(17)2)20(29)15-4-3-14(9-18(15)26)21(22,23)24/h3-6,9,12,16H,7-8,10-11H2,1-2H3,(H,25,28)/t12-,16-/m0/s1. The minimum Gasteiger partial charge on any atom is -0.381 e. The molecule has 0 radical (unpaired) electrons. The van der Waals surface area contributed by atoms with Crippen LogP contribution in [0.1, 0.15) is 35.0 Å². The van der Waals surface area contributed by atoms with Crippen molar-refractivity contribution in [2.75, 3.05) is 29.7 Å². The number of aromatic amines is 1. The van der Waals surface area contributed by atoms with E-state index in [1.54, 1.807) is 13.0 Å². The van der Waals surface area contributed by atoms with Crippen LogP contribution in [0.5, 0.6) is 0 Å². The van der Waals surface area contributed by atoms with E-state index < -0.39 is 17.6 Å². The van der Waals surface area contributed by atoms with Crippen LogP contribution < -0.4 is 15.4 Å². The molecule has 6 nitrogen and oxygen atoms in total. The molecule has 1 fully saturated rings. The smallest absolute Gasteiger partial charge is 0.381 e. The Morgan fingerprint density at radius 1 is 1.13 bits per heavy atom. The maximum Gasteiger partial charge on any atom is 0.416 e. The van der Waals surface area contributed by atoms with Crippen molar-refractivity contribution < 1.29 is 22.7 Å². The highest BCUT2D eigenvalue weighted by molar-refractivity contribution is 6.12. The highest BCUT2D eigenvalue weighted by Gasteiger charge is 2.39. The number of H-pyrrole nitrogens is 1. The molecule has 0 saturated carbocycles. The first-order valence-electron chi connectivity index (χ1n) is 9.74. The van der Waals surface area contributed by atoms with Crippen LogP contribution in [-0.4, -0.2) is 36.8 Å². The van der Waals surface area contributed by atoms with E-state index in [2.05, 4.69) is 4.98 Å². The van der Waals surface area contributed by atoms with E-state index in [0.29, 0.717) is 31.0 Å². The monoisotopic (exact) mass is 421 g/mol. The fraction of sp³-hybridized carbons (Fsp3) is 0.429. The second-order valence-electron chi connectivity index (χ2n) is 7.82. The second-order valence-corrected chi connectivity index (χ2v) is 7.82. The zero-order chi connectivity index (χ0) is 21.6. The number of benzene rings is 1. The zero-order valence-electron chi connectivity index (χ0n) is 16.6. The molecule has 9 heteroatoms. The number of hydrogen-bond donors (Lipinski definition) is 1. The molecule has 3 heterocycles. The molecule has 0 bridgehead atoms. The normalized spacial score (nSPS) is 22.2. The Bertz CT molecular complexity index is 1030. The van der Waals surface area contributed by atoms with Crippen molar-refractivity contribution in [1.29, 1.82) is 0 Å². The molecule has 0 unspecified atom stereocenters. The van der Waals surface area contributed by atoms with Gasteiger partial charge in [-0.05, 0) is 43.5 Å². The van der Waals surface area contributed by atoms with Gasteiger partial charge in [-0.2, -0.15) is 13.2 Å². The molecule has 30 heavy (non-hydrogen) atoms. The maximum absolute atomic E-state index is 13.4. The third kappa shape index (κ3) is 3.58. The molecule has 2 aliphatic rings. The lowest BCUT2D eigenvalue weighted by atomic mass is 9.93. The summed E-state index contributed by atoms with van der Waals surface area (Å²) >= 11 is 0. The van der Waals surface area contributed by atoms with Gasteiger partial charge in [-0.3, -0.25) is 14.5 Å². The predicted octanol–water partition coefficient (Wildman–Crippen LogP) is 3.55. The Kier molecular flexibility index (Phi) is 5.09. The van der Waals surface area contributed by atoms with Crippen molar-refractivity contribution in [1.82, 2.24) is 4.98 Å². The van der Waals surface area contributed by atoms with Gasteiger partial charge in [0.15, 0.2) is 0 Å². The highest BCUT2D eigenvalue weighted by atomic mass is 19.4. The Morgan fingerprint density at radius 2 is 1.90 bits per heavy atom. The first-order chi connectivity index (χ1) is 14.2. The summed E-state index contributed by atoms with van der Waals surface area (Å²) in [6.45, 7) is 4.78. The number of rotatable bonds is 2. The summed E-state index contributed by atoms with van der Waals surface area (Å²) in [6, 6.07) is 6.05. The Hall–Kier alpha value is -2.81. The van der Waals surface area contributed by atoms with Crippen LogP contribution in [0.25, 0.3) is 0 Å². The third-order valence-corrected chi connectivity index (χ3v) is 5.78. The van der Waals surface area contributed by atoms with Gasteiger partial charge in [-0.15, -0.1) is 0 Å². The summed E-state index contributed by atoms with van der Waals surface area (Å²) in [5, 5.41) is 0. The van der Waals surface area contributed by atoms with Crippen molar-refractivity contribution >= 4 is 17.3 Å². The number of nitrogens with zero attached hydrogens (tertiary/aromatic N) is 2. The summed E-state index contributed by atoms with van der Waals surface area (Å²) in [4.78, 5) is 30.9. The lowest BCUT2D eigenvalue weighted by Crippen LogP contribution is -2.55. The molecule has 1 aromatic carbocycles. The predicted molar refractivity (Wildman–Crippen MR) is 106 cm³/mol. The largest absolute Gasteiger partial charge is 0.416 e. The number of halogens is 3. The number of carbonyl (C=O) groups excluding carboxylic acids is 1. The first-order valence-corrected chi connectivity index (χ1v) is 9.74. The number of anilines is 2. The summed E-state index contributed by atoms with van der Waals surface area (Å²) in [5.41, 5.74) is 0.463. The lowest BCUT2D eigenvalue weighted by molar-refractivity contribution is -0.137. The summed E-state index contributed by atoms with van der Waals surface area (Å²) in [6.07, 6.45) is -3.86. The molecule has 2 atom stereocenters. The van der Waals surface area contributed by atoms with Crippen molar-refractivity contribution in [2.24, 2.45) is 5.92 Å². The number of ether oxygens (including phenoxy) is 1. The first kappa shape index (κ1) is 20.5. The van der Waals surface area contributed by atoms with Crippen LogP contribution in [0, 0.1) is 12.8 Å². The van der Waals surface area contributed by atoms with E-state index in [4.69, 9.17) is 4.74 Å². The highest BCUT2D eigenvalue weighted by Crippen LogP contribution is 2.39. The molecule has 1 amide bonds.